The molecule has 1 atom stereocenters. The fourth-order valence-electron chi connectivity index (χ4n) is 1.32. The van der Waals surface area contributed by atoms with Crippen LogP contribution in [-0.2, 0) is 10.0 Å². The molecular weight excluding hydrogens is 278 g/mol. The molecular formula is C10H14BrNO2S. The zero-order valence-electron chi connectivity index (χ0n) is 8.48. The van der Waals surface area contributed by atoms with E-state index in [2.05, 4.69) is 20.7 Å². The number of rotatable bonds is 5. The van der Waals surface area contributed by atoms with Crippen LogP contribution in [0, 0.1) is 0 Å². The van der Waals surface area contributed by atoms with Crippen molar-refractivity contribution in [1.29, 1.82) is 0 Å². The number of hydrogen-bond donors (Lipinski definition) is 1. The van der Waals surface area contributed by atoms with E-state index >= 15 is 0 Å². The van der Waals surface area contributed by atoms with Crippen LogP contribution in [0.1, 0.15) is 24.9 Å². The fourth-order valence-corrected chi connectivity index (χ4v) is 2.52. The van der Waals surface area contributed by atoms with Gasteiger partial charge in [0.1, 0.15) is 4.66 Å². The summed E-state index contributed by atoms with van der Waals surface area (Å²) in [4.78, 5) is 0. The summed E-state index contributed by atoms with van der Waals surface area (Å²) in [6.45, 7) is 1.95. The standard InChI is InChI=1S/C10H14BrNO2S/c1-2-10(12-15(13,14)8-11)9-6-4-3-5-7-9/h3-7,10,12H,2,8H2,1H3. The molecule has 0 saturated carbocycles. The van der Waals surface area contributed by atoms with Crippen molar-refractivity contribution in [2.24, 2.45) is 0 Å². The van der Waals surface area contributed by atoms with E-state index in [1.807, 2.05) is 37.3 Å². The van der Waals surface area contributed by atoms with Crippen LogP contribution in [0.2, 0.25) is 0 Å². The van der Waals surface area contributed by atoms with Crippen LogP contribution in [0.25, 0.3) is 0 Å². The highest BCUT2D eigenvalue weighted by Gasteiger charge is 2.16. The van der Waals surface area contributed by atoms with E-state index in [1.165, 1.54) is 0 Å². The predicted molar refractivity (Wildman–Crippen MR) is 65.3 cm³/mol. The number of nitrogens with one attached hydrogen (secondary N) is 1. The highest BCUT2D eigenvalue weighted by atomic mass is 79.9. The smallest absolute Gasteiger partial charge is 0.212 e. The van der Waals surface area contributed by atoms with Gasteiger partial charge in [0.15, 0.2) is 0 Å². The molecule has 1 N–H and O–H groups in total. The fraction of sp³-hybridized carbons (Fsp3) is 0.400. The number of hydrogen-bond acceptors (Lipinski definition) is 2. The van der Waals surface area contributed by atoms with Gasteiger partial charge in [-0.2, -0.15) is 0 Å². The molecule has 0 amide bonds. The molecule has 0 spiro atoms. The first-order valence-electron chi connectivity index (χ1n) is 4.70. The maximum absolute atomic E-state index is 11.4. The summed E-state index contributed by atoms with van der Waals surface area (Å²) in [5.74, 6) is 0. The molecule has 15 heavy (non-hydrogen) atoms. The van der Waals surface area contributed by atoms with Gasteiger partial charge in [0.2, 0.25) is 10.0 Å². The largest absolute Gasteiger partial charge is 0.222 e. The first-order valence-corrected chi connectivity index (χ1v) is 7.47. The van der Waals surface area contributed by atoms with Gasteiger partial charge in [-0.1, -0.05) is 53.2 Å². The molecule has 1 aromatic rings. The Kier molecular flexibility index (Phi) is 4.76. The minimum atomic E-state index is -3.21. The van der Waals surface area contributed by atoms with Crippen molar-refractivity contribution in [3.05, 3.63) is 35.9 Å². The van der Waals surface area contributed by atoms with Gasteiger partial charge in [-0.25, -0.2) is 13.1 Å². The maximum atomic E-state index is 11.4. The molecule has 0 aliphatic rings. The average molecular weight is 292 g/mol. The van der Waals surface area contributed by atoms with Gasteiger partial charge in [0.05, 0.1) is 0 Å². The second kappa shape index (κ2) is 5.63. The highest BCUT2D eigenvalue weighted by molar-refractivity contribution is 9.10. The Morgan fingerprint density at radius 3 is 2.40 bits per heavy atom. The van der Waals surface area contributed by atoms with Gasteiger partial charge in [-0.05, 0) is 12.0 Å². The summed E-state index contributed by atoms with van der Waals surface area (Å²) >= 11 is 2.95. The summed E-state index contributed by atoms with van der Waals surface area (Å²) in [6.07, 6.45) is 0.732. The quantitative estimate of drug-likeness (QED) is 0.847. The summed E-state index contributed by atoms with van der Waals surface area (Å²) in [6, 6.07) is 9.42. The SMILES string of the molecule is CCC(NS(=O)(=O)CBr)c1ccccc1. The lowest BCUT2D eigenvalue weighted by Crippen LogP contribution is -2.28. The maximum Gasteiger partial charge on any atom is 0.222 e. The normalized spacial score (nSPS) is 13.7. The third-order valence-corrected chi connectivity index (χ3v) is 4.81. The van der Waals surface area contributed by atoms with Crippen molar-refractivity contribution in [2.45, 2.75) is 19.4 Å². The van der Waals surface area contributed by atoms with E-state index in [9.17, 15) is 8.42 Å². The molecule has 0 saturated heterocycles. The van der Waals surface area contributed by atoms with Gasteiger partial charge in [0.25, 0.3) is 0 Å². The van der Waals surface area contributed by atoms with Gasteiger partial charge in [-0.15, -0.1) is 0 Å². The van der Waals surface area contributed by atoms with Crippen molar-refractivity contribution >= 4 is 26.0 Å². The minimum absolute atomic E-state index is 0.0661. The third-order valence-electron chi connectivity index (χ3n) is 2.08. The Hall–Kier alpha value is -0.390. The Morgan fingerprint density at radius 2 is 1.93 bits per heavy atom. The van der Waals surface area contributed by atoms with E-state index in [4.69, 9.17) is 0 Å². The number of sulfonamides is 1. The topological polar surface area (TPSA) is 46.2 Å². The van der Waals surface area contributed by atoms with Gasteiger partial charge in [-0.3, -0.25) is 0 Å². The second-order valence-corrected chi connectivity index (χ2v) is 6.27. The number of benzene rings is 1. The molecule has 1 aromatic carbocycles. The van der Waals surface area contributed by atoms with Crippen LogP contribution in [0.15, 0.2) is 30.3 Å². The monoisotopic (exact) mass is 291 g/mol. The van der Waals surface area contributed by atoms with Crippen LogP contribution in [0.3, 0.4) is 0 Å². The van der Waals surface area contributed by atoms with Crippen molar-refractivity contribution in [3.8, 4) is 0 Å². The van der Waals surface area contributed by atoms with Crippen LogP contribution in [0.5, 0.6) is 0 Å². The van der Waals surface area contributed by atoms with E-state index in [0.29, 0.717) is 0 Å². The Balaban J connectivity index is 2.83. The average Bonchev–Trinajstić information content (AvgIpc) is 2.27. The molecule has 0 aromatic heterocycles. The molecule has 3 nitrogen and oxygen atoms in total. The molecule has 0 radical (unpaired) electrons. The lowest BCUT2D eigenvalue weighted by molar-refractivity contribution is 0.555. The molecule has 84 valence electrons. The predicted octanol–water partition coefficient (Wildman–Crippen LogP) is 2.41. The van der Waals surface area contributed by atoms with Crippen molar-refractivity contribution < 1.29 is 8.42 Å². The molecule has 0 bridgehead atoms. The van der Waals surface area contributed by atoms with Crippen molar-refractivity contribution in [1.82, 2.24) is 4.72 Å². The minimum Gasteiger partial charge on any atom is -0.212 e. The Bertz CT molecular complexity index is 391. The molecule has 1 unspecified atom stereocenters. The summed E-state index contributed by atoms with van der Waals surface area (Å²) < 4.78 is 25.3. The van der Waals surface area contributed by atoms with Crippen molar-refractivity contribution in [3.63, 3.8) is 0 Å². The van der Waals surface area contributed by atoms with Crippen molar-refractivity contribution in [2.75, 3.05) is 4.66 Å². The third kappa shape index (κ3) is 3.93. The van der Waals surface area contributed by atoms with Gasteiger partial charge < -0.3 is 0 Å². The van der Waals surface area contributed by atoms with Crippen LogP contribution in [0.4, 0.5) is 0 Å². The molecule has 0 heterocycles. The molecule has 0 aliphatic heterocycles. The number of halogens is 1. The van der Waals surface area contributed by atoms with Gasteiger partial charge in [0, 0.05) is 6.04 Å². The van der Waals surface area contributed by atoms with E-state index < -0.39 is 10.0 Å². The summed E-state index contributed by atoms with van der Waals surface area (Å²) in [7, 11) is -3.21. The number of alkyl halides is 1. The van der Waals surface area contributed by atoms with Crippen LogP contribution < -0.4 is 4.72 Å². The van der Waals surface area contributed by atoms with E-state index in [-0.39, 0.29) is 10.7 Å². The van der Waals surface area contributed by atoms with Gasteiger partial charge >= 0.3 is 0 Å². The molecule has 5 heteroatoms. The Morgan fingerprint density at radius 1 is 1.33 bits per heavy atom. The van der Waals surface area contributed by atoms with E-state index in [1.54, 1.807) is 0 Å². The van der Waals surface area contributed by atoms with E-state index in [0.717, 1.165) is 12.0 Å². The van der Waals surface area contributed by atoms with Crippen LogP contribution in [-0.4, -0.2) is 13.1 Å². The Labute approximate surface area is 99.1 Å². The lowest BCUT2D eigenvalue weighted by atomic mass is 10.1. The molecule has 0 fully saturated rings. The second-order valence-electron chi connectivity index (χ2n) is 3.21. The van der Waals surface area contributed by atoms with Crippen LogP contribution >= 0.6 is 15.9 Å². The lowest BCUT2D eigenvalue weighted by Gasteiger charge is -2.16. The zero-order chi connectivity index (χ0) is 11.3. The first kappa shape index (κ1) is 12.7. The molecule has 1 rings (SSSR count). The highest BCUT2D eigenvalue weighted by Crippen LogP contribution is 2.17. The zero-order valence-corrected chi connectivity index (χ0v) is 10.9. The summed E-state index contributed by atoms with van der Waals surface area (Å²) in [5, 5.41) is 0. The summed E-state index contributed by atoms with van der Waals surface area (Å²) in [5.41, 5.74) is 0.990. The first-order chi connectivity index (χ1) is 7.09. The molecule has 0 aliphatic carbocycles.